The molecule has 0 aliphatic carbocycles. The molecule has 1 aromatic carbocycles. The molecule has 0 amide bonds. The van der Waals surface area contributed by atoms with Gasteiger partial charge in [0.15, 0.2) is 5.75 Å². The average molecular weight is 339 g/mol. The first-order chi connectivity index (χ1) is 9.60. The number of non-ortho nitro benzene ring substituents is 1. The van der Waals surface area contributed by atoms with E-state index in [0.717, 1.165) is 0 Å². The highest BCUT2D eigenvalue weighted by atomic mass is 79.9. The van der Waals surface area contributed by atoms with Crippen molar-refractivity contribution in [3.8, 4) is 11.6 Å². The standard InChI is InChI=1S/C12H11BrN4O3/c1-2-14-12-15-6-5-11(16-12)20-10-7-8(17(18)19)3-4-9(10)13/h3-7H,2H2,1H3,(H,14,15,16). The van der Waals surface area contributed by atoms with Crippen LogP contribution in [0.1, 0.15) is 6.92 Å². The topological polar surface area (TPSA) is 90.2 Å². The van der Waals surface area contributed by atoms with Crippen molar-refractivity contribution in [1.29, 1.82) is 0 Å². The lowest BCUT2D eigenvalue weighted by molar-refractivity contribution is -0.384. The number of anilines is 1. The van der Waals surface area contributed by atoms with Crippen molar-refractivity contribution in [2.45, 2.75) is 6.92 Å². The first-order valence-electron chi connectivity index (χ1n) is 5.79. The number of nitrogens with one attached hydrogen (secondary N) is 1. The summed E-state index contributed by atoms with van der Waals surface area (Å²) in [5, 5.41) is 13.7. The summed E-state index contributed by atoms with van der Waals surface area (Å²) in [7, 11) is 0. The molecule has 1 heterocycles. The molecule has 8 heteroatoms. The molecule has 0 spiro atoms. The number of aromatic nitrogens is 2. The summed E-state index contributed by atoms with van der Waals surface area (Å²) >= 11 is 3.28. The fraction of sp³-hybridized carbons (Fsp3) is 0.167. The van der Waals surface area contributed by atoms with E-state index in [1.807, 2.05) is 6.92 Å². The lowest BCUT2D eigenvalue weighted by Crippen LogP contribution is -2.02. The molecule has 0 unspecified atom stereocenters. The lowest BCUT2D eigenvalue weighted by Gasteiger charge is -2.08. The average Bonchev–Trinajstić information content (AvgIpc) is 2.42. The molecule has 0 saturated carbocycles. The van der Waals surface area contributed by atoms with Gasteiger partial charge in [0.05, 0.1) is 15.5 Å². The van der Waals surface area contributed by atoms with Gasteiger partial charge in [0.1, 0.15) is 0 Å². The van der Waals surface area contributed by atoms with Crippen molar-refractivity contribution in [3.63, 3.8) is 0 Å². The molecule has 1 aromatic heterocycles. The monoisotopic (exact) mass is 338 g/mol. The molecule has 0 bridgehead atoms. The molecule has 2 aromatic rings. The molecular weight excluding hydrogens is 328 g/mol. The maximum Gasteiger partial charge on any atom is 0.273 e. The number of hydrogen-bond acceptors (Lipinski definition) is 6. The largest absolute Gasteiger partial charge is 0.437 e. The van der Waals surface area contributed by atoms with Crippen LogP contribution >= 0.6 is 15.9 Å². The van der Waals surface area contributed by atoms with Gasteiger partial charge in [-0.25, -0.2) is 4.98 Å². The van der Waals surface area contributed by atoms with Crippen molar-refractivity contribution in [2.75, 3.05) is 11.9 Å². The molecule has 7 nitrogen and oxygen atoms in total. The second-order valence-electron chi connectivity index (χ2n) is 3.72. The van der Waals surface area contributed by atoms with Gasteiger partial charge in [-0.15, -0.1) is 0 Å². The normalized spacial score (nSPS) is 10.1. The predicted octanol–water partition coefficient (Wildman–Crippen LogP) is 3.37. The van der Waals surface area contributed by atoms with Gasteiger partial charge in [0, 0.05) is 24.9 Å². The predicted molar refractivity (Wildman–Crippen MR) is 77.1 cm³/mol. The first kappa shape index (κ1) is 14.2. The number of nitro benzene ring substituents is 1. The molecule has 1 N–H and O–H groups in total. The molecular formula is C12H11BrN4O3. The number of ether oxygens (including phenoxy) is 1. The van der Waals surface area contributed by atoms with Crippen LogP contribution in [-0.2, 0) is 0 Å². The van der Waals surface area contributed by atoms with Crippen LogP contribution < -0.4 is 10.1 Å². The third kappa shape index (κ3) is 3.41. The Hall–Kier alpha value is -2.22. The molecule has 0 fully saturated rings. The molecule has 0 aliphatic rings. The molecule has 0 aliphatic heterocycles. The smallest absolute Gasteiger partial charge is 0.273 e. The number of nitrogens with zero attached hydrogens (tertiary/aromatic N) is 3. The van der Waals surface area contributed by atoms with Crippen molar-refractivity contribution < 1.29 is 9.66 Å². The maximum atomic E-state index is 10.8. The summed E-state index contributed by atoms with van der Waals surface area (Å²) in [6.07, 6.45) is 1.55. The quantitative estimate of drug-likeness (QED) is 0.663. The Labute approximate surface area is 123 Å². The van der Waals surface area contributed by atoms with Gasteiger partial charge in [-0.2, -0.15) is 4.98 Å². The van der Waals surface area contributed by atoms with Gasteiger partial charge in [0.25, 0.3) is 5.69 Å². The van der Waals surface area contributed by atoms with E-state index in [1.54, 1.807) is 18.3 Å². The van der Waals surface area contributed by atoms with Crippen molar-refractivity contribution in [1.82, 2.24) is 9.97 Å². The minimum Gasteiger partial charge on any atom is -0.437 e. The van der Waals surface area contributed by atoms with Gasteiger partial charge in [-0.05, 0) is 28.9 Å². The van der Waals surface area contributed by atoms with E-state index >= 15 is 0 Å². The fourth-order valence-electron chi connectivity index (χ4n) is 1.44. The highest BCUT2D eigenvalue weighted by molar-refractivity contribution is 9.10. The van der Waals surface area contributed by atoms with E-state index < -0.39 is 4.92 Å². The minimum atomic E-state index is -0.483. The number of rotatable bonds is 5. The van der Waals surface area contributed by atoms with Crippen LogP contribution in [0.3, 0.4) is 0 Å². The van der Waals surface area contributed by atoms with Gasteiger partial charge < -0.3 is 10.1 Å². The van der Waals surface area contributed by atoms with E-state index in [0.29, 0.717) is 28.6 Å². The zero-order valence-electron chi connectivity index (χ0n) is 10.5. The van der Waals surface area contributed by atoms with Gasteiger partial charge in [0.2, 0.25) is 11.8 Å². The molecule has 20 heavy (non-hydrogen) atoms. The van der Waals surface area contributed by atoms with Crippen molar-refractivity contribution >= 4 is 27.6 Å². The molecule has 0 atom stereocenters. The maximum absolute atomic E-state index is 10.8. The van der Waals surface area contributed by atoms with Crippen molar-refractivity contribution in [3.05, 3.63) is 45.0 Å². The Bertz CT molecular complexity index is 636. The summed E-state index contributed by atoms with van der Waals surface area (Å²) in [6.45, 7) is 2.61. The fourth-order valence-corrected chi connectivity index (χ4v) is 1.77. The lowest BCUT2D eigenvalue weighted by atomic mass is 10.3. The molecule has 0 saturated heterocycles. The Morgan fingerprint density at radius 1 is 1.45 bits per heavy atom. The Morgan fingerprint density at radius 3 is 2.95 bits per heavy atom. The number of benzene rings is 1. The zero-order valence-corrected chi connectivity index (χ0v) is 12.1. The first-order valence-corrected chi connectivity index (χ1v) is 6.58. The SMILES string of the molecule is CCNc1nccc(Oc2cc([N+](=O)[O-])ccc2Br)n1. The van der Waals surface area contributed by atoms with Crippen LogP contribution in [0.2, 0.25) is 0 Å². The third-order valence-corrected chi connectivity index (χ3v) is 2.96. The third-order valence-electron chi connectivity index (χ3n) is 2.31. The van der Waals surface area contributed by atoms with Gasteiger partial charge in [-0.1, -0.05) is 0 Å². The Balaban J connectivity index is 2.27. The Kier molecular flexibility index (Phi) is 4.46. The molecule has 0 radical (unpaired) electrons. The zero-order chi connectivity index (χ0) is 14.5. The highest BCUT2D eigenvalue weighted by Crippen LogP contribution is 2.32. The summed E-state index contributed by atoms with van der Waals surface area (Å²) in [5.74, 6) is 1.06. The van der Waals surface area contributed by atoms with Crippen LogP contribution in [0.15, 0.2) is 34.9 Å². The summed E-state index contributed by atoms with van der Waals surface area (Å²) < 4.78 is 6.15. The highest BCUT2D eigenvalue weighted by Gasteiger charge is 2.12. The van der Waals surface area contributed by atoms with E-state index in [1.165, 1.54) is 12.1 Å². The van der Waals surface area contributed by atoms with Crippen LogP contribution in [0, 0.1) is 10.1 Å². The number of halogens is 1. The number of hydrogen-bond donors (Lipinski definition) is 1. The molecule has 104 valence electrons. The minimum absolute atomic E-state index is 0.0517. The Morgan fingerprint density at radius 2 is 2.25 bits per heavy atom. The van der Waals surface area contributed by atoms with E-state index in [2.05, 4.69) is 31.2 Å². The van der Waals surface area contributed by atoms with Crippen LogP contribution in [0.25, 0.3) is 0 Å². The van der Waals surface area contributed by atoms with Gasteiger partial charge in [-0.3, -0.25) is 10.1 Å². The van der Waals surface area contributed by atoms with Crippen LogP contribution in [0.4, 0.5) is 11.6 Å². The van der Waals surface area contributed by atoms with Crippen LogP contribution in [-0.4, -0.2) is 21.4 Å². The molecule has 2 rings (SSSR count). The summed E-state index contributed by atoms with van der Waals surface area (Å²) in [5.41, 5.74) is -0.0517. The second-order valence-corrected chi connectivity index (χ2v) is 4.58. The van der Waals surface area contributed by atoms with E-state index in [9.17, 15) is 10.1 Å². The van der Waals surface area contributed by atoms with E-state index in [4.69, 9.17) is 4.74 Å². The van der Waals surface area contributed by atoms with E-state index in [-0.39, 0.29) is 5.69 Å². The van der Waals surface area contributed by atoms with Gasteiger partial charge >= 0.3 is 0 Å². The van der Waals surface area contributed by atoms with Crippen molar-refractivity contribution in [2.24, 2.45) is 0 Å². The van der Waals surface area contributed by atoms with Crippen LogP contribution in [0.5, 0.6) is 11.6 Å². The summed E-state index contributed by atoms with van der Waals surface area (Å²) in [4.78, 5) is 18.4. The number of nitro groups is 1. The summed E-state index contributed by atoms with van der Waals surface area (Å²) in [6, 6.07) is 5.85. The second kappa shape index (κ2) is 6.29.